The Morgan fingerprint density at radius 2 is 2.28 bits per heavy atom. The number of aldehydes is 1. The summed E-state index contributed by atoms with van der Waals surface area (Å²) in [4.78, 5) is 12.7. The number of halogens is 1. The van der Waals surface area contributed by atoms with Crippen LogP contribution in [0.5, 0.6) is 0 Å². The van der Waals surface area contributed by atoms with Crippen LogP contribution >= 0.6 is 0 Å². The molecule has 18 heavy (non-hydrogen) atoms. The van der Waals surface area contributed by atoms with Crippen molar-refractivity contribution < 1.29 is 13.9 Å². The Morgan fingerprint density at radius 1 is 1.39 bits per heavy atom. The van der Waals surface area contributed by atoms with Crippen molar-refractivity contribution in [1.82, 2.24) is 0 Å². The lowest BCUT2D eigenvalue weighted by Gasteiger charge is -2.39. The maximum atomic E-state index is 14.0. The number of carbonyl (C=O) groups is 1. The van der Waals surface area contributed by atoms with Gasteiger partial charge in [0, 0.05) is 12.1 Å². The Labute approximate surface area is 106 Å². The standard InChI is InChI=1S/C14H16FNO2/c15-11-8-10(9-17)4-5-12(11)16-6-7-18-14-3-1-2-13(14)16/h4-5,8-9,13-14H,1-3,6-7H2. The minimum absolute atomic E-state index is 0.240. The molecular formula is C14H16FNO2. The molecule has 0 N–H and O–H groups in total. The molecule has 1 saturated carbocycles. The minimum atomic E-state index is -0.313. The molecule has 0 amide bonds. The lowest BCUT2D eigenvalue weighted by atomic mass is 10.1. The number of hydrogen-bond acceptors (Lipinski definition) is 3. The molecule has 2 aliphatic rings. The van der Waals surface area contributed by atoms with Crippen LogP contribution in [0.15, 0.2) is 18.2 Å². The summed E-state index contributed by atoms with van der Waals surface area (Å²) in [5.41, 5.74) is 0.980. The van der Waals surface area contributed by atoms with Gasteiger partial charge in [-0.25, -0.2) is 4.39 Å². The quantitative estimate of drug-likeness (QED) is 0.754. The van der Waals surface area contributed by atoms with Gasteiger partial charge in [0.25, 0.3) is 0 Å². The summed E-state index contributed by atoms with van der Waals surface area (Å²) in [7, 11) is 0. The summed E-state index contributed by atoms with van der Waals surface area (Å²) >= 11 is 0. The van der Waals surface area contributed by atoms with E-state index in [-0.39, 0.29) is 18.0 Å². The number of ether oxygens (including phenoxy) is 1. The molecule has 1 aliphatic carbocycles. The van der Waals surface area contributed by atoms with Gasteiger partial charge < -0.3 is 9.64 Å². The van der Waals surface area contributed by atoms with Crippen LogP contribution in [0.1, 0.15) is 29.6 Å². The van der Waals surface area contributed by atoms with Crippen LogP contribution in [0.4, 0.5) is 10.1 Å². The Hall–Kier alpha value is -1.42. The average Bonchev–Trinajstić information content (AvgIpc) is 2.87. The van der Waals surface area contributed by atoms with Crippen LogP contribution in [-0.4, -0.2) is 31.6 Å². The van der Waals surface area contributed by atoms with Crippen LogP contribution in [0.2, 0.25) is 0 Å². The van der Waals surface area contributed by atoms with Gasteiger partial charge in [-0.15, -0.1) is 0 Å². The second kappa shape index (κ2) is 4.69. The van der Waals surface area contributed by atoms with Crippen molar-refractivity contribution in [3.63, 3.8) is 0 Å². The maximum Gasteiger partial charge on any atom is 0.150 e. The summed E-state index contributed by atoms with van der Waals surface area (Å²) in [5, 5.41) is 0. The molecule has 1 heterocycles. The molecule has 3 rings (SSSR count). The summed E-state index contributed by atoms with van der Waals surface area (Å²) in [5.74, 6) is -0.313. The largest absolute Gasteiger partial charge is 0.374 e. The fourth-order valence-electron chi connectivity index (χ4n) is 3.05. The van der Waals surface area contributed by atoms with Crippen LogP contribution in [0.25, 0.3) is 0 Å². The monoisotopic (exact) mass is 249 g/mol. The van der Waals surface area contributed by atoms with E-state index < -0.39 is 0 Å². The molecule has 0 bridgehead atoms. The number of hydrogen-bond donors (Lipinski definition) is 0. The lowest BCUT2D eigenvalue weighted by molar-refractivity contribution is 0.0254. The van der Waals surface area contributed by atoms with Crippen LogP contribution in [0, 0.1) is 5.82 Å². The van der Waals surface area contributed by atoms with Gasteiger partial charge in [-0.2, -0.15) is 0 Å². The maximum absolute atomic E-state index is 14.0. The molecule has 2 atom stereocenters. The van der Waals surface area contributed by atoms with Gasteiger partial charge in [-0.3, -0.25) is 4.79 Å². The molecule has 1 aliphatic heterocycles. The molecule has 0 spiro atoms. The predicted molar refractivity (Wildman–Crippen MR) is 66.5 cm³/mol. The van der Waals surface area contributed by atoms with Crippen molar-refractivity contribution in [1.29, 1.82) is 0 Å². The summed E-state index contributed by atoms with van der Waals surface area (Å²) in [6, 6.07) is 4.97. The molecule has 4 heteroatoms. The number of morpholine rings is 1. The van der Waals surface area contributed by atoms with E-state index >= 15 is 0 Å². The van der Waals surface area contributed by atoms with E-state index in [2.05, 4.69) is 4.90 Å². The molecule has 2 fully saturated rings. The normalized spacial score (nSPS) is 27.1. The van der Waals surface area contributed by atoms with Gasteiger partial charge >= 0.3 is 0 Å². The third-order valence-electron chi connectivity index (χ3n) is 3.90. The van der Waals surface area contributed by atoms with E-state index in [1.807, 2.05) is 0 Å². The number of benzene rings is 1. The third-order valence-corrected chi connectivity index (χ3v) is 3.90. The van der Waals surface area contributed by atoms with E-state index in [1.54, 1.807) is 12.1 Å². The van der Waals surface area contributed by atoms with Crippen molar-refractivity contribution >= 4 is 12.0 Å². The highest BCUT2D eigenvalue weighted by molar-refractivity contribution is 5.76. The highest BCUT2D eigenvalue weighted by Crippen LogP contribution is 2.34. The number of fused-ring (bicyclic) bond motifs is 1. The molecule has 2 unspecified atom stereocenters. The van der Waals surface area contributed by atoms with Crippen molar-refractivity contribution in [2.24, 2.45) is 0 Å². The fraction of sp³-hybridized carbons (Fsp3) is 0.500. The topological polar surface area (TPSA) is 29.5 Å². The summed E-state index contributed by atoms with van der Waals surface area (Å²) < 4.78 is 19.8. The van der Waals surface area contributed by atoms with Crippen molar-refractivity contribution in [3.05, 3.63) is 29.6 Å². The molecule has 1 saturated heterocycles. The van der Waals surface area contributed by atoms with Gasteiger partial charge in [-0.1, -0.05) is 0 Å². The molecular weight excluding hydrogens is 233 g/mol. The van der Waals surface area contributed by atoms with Gasteiger partial charge in [0.1, 0.15) is 12.1 Å². The minimum Gasteiger partial charge on any atom is -0.374 e. The molecule has 1 aromatic rings. The fourth-order valence-corrected chi connectivity index (χ4v) is 3.05. The van der Waals surface area contributed by atoms with Crippen molar-refractivity contribution in [3.8, 4) is 0 Å². The predicted octanol–water partition coefficient (Wildman–Crippen LogP) is 2.40. The van der Waals surface area contributed by atoms with Crippen LogP contribution in [0.3, 0.4) is 0 Å². The van der Waals surface area contributed by atoms with Crippen LogP contribution < -0.4 is 4.90 Å². The van der Waals surface area contributed by atoms with E-state index in [9.17, 15) is 9.18 Å². The zero-order chi connectivity index (χ0) is 12.5. The van der Waals surface area contributed by atoms with Gasteiger partial charge in [0.15, 0.2) is 0 Å². The molecule has 1 aromatic carbocycles. The van der Waals surface area contributed by atoms with Crippen molar-refractivity contribution in [2.75, 3.05) is 18.1 Å². The molecule has 3 nitrogen and oxygen atoms in total. The average molecular weight is 249 g/mol. The van der Waals surface area contributed by atoms with E-state index in [4.69, 9.17) is 4.74 Å². The van der Waals surface area contributed by atoms with Gasteiger partial charge in [0.2, 0.25) is 0 Å². The highest BCUT2D eigenvalue weighted by Gasteiger charge is 2.36. The first kappa shape index (κ1) is 11.7. The lowest BCUT2D eigenvalue weighted by Crippen LogP contribution is -2.49. The second-order valence-corrected chi connectivity index (χ2v) is 4.93. The van der Waals surface area contributed by atoms with Gasteiger partial charge in [-0.05, 0) is 37.5 Å². The number of carbonyl (C=O) groups excluding carboxylic acids is 1. The van der Waals surface area contributed by atoms with Crippen LogP contribution in [-0.2, 0) is 4.74 Å². The molecule has 96 valence electrons. The number of nitrogens with zero attached hydrogens (tertiary/aromatic N) is 1. The summed E-state index contributed by atoms with van der Waals surface area (Å²) in [6.45, 7) is 1.37. The SMILES string of the molecule is O=Cc1ccc(N2CCOC3CCCC32)c(F)c1. The van der Waals surface area contributed by atoms with E-state index in [0.717, 1.165) is 25.8 Å². The van der Waals surface area contributed by atoms with E-state index in [0.29, 0.717) is 24.1 Å². The zero-order valence-corrected chi connectivity index (χ0v) is 10.1. The Bertz CT molecular complexity index is 463. The molecule has 0 radical (unpaired) electrons. The second-order valence-electron chi connectivity index (χ2n) is 4.93. The molecule has 0 aromatic heterocycles. The number of rotatable bonds is 2. The van der Waals surface area contributed by atoms with E-state index in [1.165, 1.54) is 6.07 Å². The number of anilines is 1. The Kier molecular flexibility index (Phi) is 3.04. The first-order valence-electron chi connectivity index (χ1n) is 6.42. The Balaban J connectivity index is 1.91. The zero-order valence-electron chi connectivity index (χ0n) is 10.1. The summed E-state index contributed by atoms with van der Waals surface area (Å²) in [6.07, 6.45) is 4.17. The first-order valence-corrected chi connectivity index (χ1v) is 6.42. The Morgan fingerprint density at radius 3 is 3.06 bits per heavy atom. The van der Waals surface area contributed by atoms with Gasteiger partial charge in [0.05, 0.1) is 24.4 Å². The first-order chi connectivity index (χ1) is 8.79. The van der Waals surface area contributed by atoms with Crippen molar-refractivity contribution in [2.45, 2.75) is 31.4 Å². The highest BCUT2D eigenvalue weighted by atomic mass is 19.1. The third kappa shape index (κ3) is 1.90. The smallest absolute Gasteiger partial charge is 0.150 e.